The lowest BCUT2D eigenvalue weighted by atomic mass is 9.78. The maximum absolute atomic E-state index is 5.77. The number of fused-ring (bicyclic) bond motifs is 1. The molecular weight excluding hydrogens is 210 g/mol. The van der Waals surface area contributed by atoms with Gasteiger partial charge in [0.1, 0.15) is 5.75 Å². The van der Waals surface area contributed by atoms with Gasteiger partial charge in [-0.2, -0.15) is 0 Å². The van der Waals surface area contributed by atoms with Crippen molar-refractivity contribution in [2.45, 2.75) is 12.3 Å². The summed E-state index contributed by atoms with van der Waals surface area (Å²) in [6.07, 6.45) is 1.13. The Morgan fingerprint density at radius 1 is 1.06 bits per heavy atom. The summed E-state index contributed by atoms with van der Waals surface area (Å²) in [6, 6.07) is 16.1. The van der Waals surface area contributed by atoms with Gasteiger partial charge in [0.25, 0.3) is 0 Å². The zero-order valence-electron chi connectivity index (χ0n) is 9.60. The fourth-order valence-corrected chi connectivity index (χ4v) is 2.27. The Balaban J connectivity index is 1.62. The molecule has 2 aromatic rings. The van der Waals surface area contributed by atoms with Gasteiger partial charge in [-0.25, -0.2) is 0 Å². The van der Waals surface area contributed by atoms with Gasteiger partial charge in [0, 0.05) is 11.6 Å². The Hall–Kier alpha value is -1.96. The standard InChI is InChI=1S/C15H15NO/c16-13-5-7-14(8-6-13)17-10-12-9-11-3-1-2-4-15(11)12/h1-8,12H,9-10,16H2. The molecule has 1 aliphatic carbocycles. The molecule has 1 atom stereocenters. The molecule has 0 spiro atoms. The molecule has 1 aliphatic rings. The van der Waals surface area contributed by atoms with Crippen LogP contribution >= 0.6 is 0 Å². The molecule has 0 saturated carbocycles. The van der Waals surface area contributed by atoms with E-state index >= 15 is 0 Å². The van der Waals surface area contributed by atoms with Gasteiger partial charge in [-0.05, 0) is 41.8 Å². The van der Waals surface area contributed by atoms with Gasteiger partial charge in [-0.3, -0.25) is 0 Å². The van der Waals surface area contributed by atoms with Crippen molar-refractivity contribution < 1.29 is 4.74 Å². The van der Waals surface area contributed by atoms with Crippen molar-refractivity contribution in [3.05, 3.63) is 59.7 Å². The highest BCUT2D eigenvalue weighted by Crippen LogP contribution is 2.35. The molecule has 0 fully saturated rings. The number of rotatable bonds is 3. The van der Waals surface area contributed by atoms with Crippen LogP contribution in [0.25, 0.3) is 0 Å². The third-order valence-electron chi connectivity index (χ3n) is 3.29. The largest absolute Gasteiger partial charge is 0.493 e. The van der Waals surface area contributed by atoms with Gasteiger partial charge in [0.2, 0.25) is 0 Å². The van der Waals surface area contributed by atoms with E-state index in [1.54, 1.807) is 0 Å². The molecule has 2 nitrogen and oxygen atoms in total. The summed E-state index contributed by atoms with van der Waals surface area (Å²) in [5.74, 6) is 1.44. The minimum atomic E-state index is 0.545. The van der Waals surface area contributed by atoms with Crippen LogP contribution in [0.2, 0.25) is 0 Å². The van der Waals surface area contributed by atoms with E-state index in [2.05, 4.69) is 24.3 Å². The lowest BCUT2D eigenvalue weighted by Crippen LogP contribution is -2.23. The lowest BCUT2D eigenvalue weighted by molar-refractivity contribution is 0.275. The van der Waals surface area contributed by atoms with E-state index in [4.69, 9.17) is 10.5 Å². The van der Waals surface area contributed by atoms with E-state index in [-0.39, 0.29) is 0 Å². The van der Waals surface area contributed by atoms with Crippen LogP contribution in [0.4, 0.5) is 5.69 Å². The summed E-state index contributed by atoms with van der Waals surface area (Å²) in [4.78, 5) is 0. The number of nitrogens with two attached hydrogens (primary N) is 1. The summed E-state index contributed by atoms with van der Waals surface area (Å²) in [5.41, 5.74) is 9.29. The van der Waals surface area contributed by atoms with E-state index in [9.17, 15) is 0 Å². The summed E-state index contributed by atoms with van der Waals surface area (Å²) < 4.78 is 5.77. The first kappa shape index (κ1) is 10.2. The number of ether oxygens (including phenoxy) is 1. The fourth-order valence-electron chi connectivity index (χ4n) is 2.27. The first-order valence-electron chi connectivity index (χ1n) is 5.89. The van der Waals surface area contributed by atoms with E-state index in [0.29, 0.717) is 5.92 Å². The highest BCUT2D eigenvalue weighted by molar-refractivity contribution is 5.42. The highest BCUT2D eigenvalue weighted by atomic mass is 16.5. The van der Waals surface area contributed by atoms with Crippen molar-refractivity contribution in [1.82, 2.24) is 0 Å². The van der Waals surface area contributed by atoms with Crippen LogP contribution in [0.3, 0.4) is 0 Å². The Morgan fingerprint density at radius 3 is 2.59 bits per heavy atom. The molecule has 0 radical (unpaired) electrons. The Kier molecular flexibility index (Phi) is 2.48. The SMILES string of the molecule is Nc1ccc(OCC2Cc3ccccc32)cc1. The van der Waals surface area contributed by atoms with Crippen LogP contribution < -0.4 is 10.5 Å². The second-order valence-corrected chi connectivity index (χ2v) is 4.48. The third-order valence-corrected chi connectivity index (χ3v) is 3.29. The molecule has 17 heavy (non-hydrogen) atoms. The average Bonchev–Trinajstić information content (AvgIpc) is 2.33. The van der Waals surface area contributed by atoms with E-state index < -0.39 is 0 Å². The zero-order chi connectivity index (χ0) is 11.7. The second kappa shape index (κ2) is 4.13. The molecule has 0 amide bonds. The Labute approximate surface area is 101 Å². The maximum Gasteiger partial charge on any atom is 0.119 e. The van der Waals surface area contributed by atoms with E-state index in [0.717, 1.165) is 24.5 Å². The molecule has 0 bridgehead atoms. The number of benzene rings is 2. The summed E-state index contributed by atoms with van der Waals surface area (Å²) in [5, 5.41) is 0. The van der Waals surface area contributed by atoms with Gasteiger partial charge in [0.15, 0.2) is 0 Å². The van der Waals surface area contributed by atoms with E-state index in [1.165, 1.54) is 11.1 Å². The lowest BCUT2D eigenvalue weighted by Gasteiger charge is -2.29. The van der Waals surface area contributed by atoms with E-state index in [1.807, 2.05) is 24.3 Å². The third kappa shape index (κ3) is 1.98. The van der Waals surface area contributed by atoms with Crippen LogP contribution in [0, 0.1) is 0 Å². The van der Waals surface area contributed by atoms with Crippen molar-refractivity contribution in [1.29, 1.82) is 0 Å². The van der Waals surface area contributed by atoms with Gasteiger partial charge < -0.3 is 10.5 Å². The monoisotopic (exact) mass is 225 g/mol. The van der Waals surface area contributed by atoms with Crippen LogP contribution in [0.1, 0.15) is 17.0 Å². The molecule has 1 unspecified atom stereocenters. The van der Waals surface area contributed by atoms with Crippen molar-refractivity contribution in [3.63, 3.8) is 0 Å². The Bertz CT molecular complexity index is 519. The molecule has 2 N–H and O–H groups in total. The predicted molar refractivity (Wildman–Crippen MR) is 69.2 cm³/mol. The Morgan fingerprint density at radius 2 is 1.82 bits per heavy atom. The van der Waals surface area contributed by atoms with Crippen molar-refractivity contribution in [3.8, 4) is 5.75 Å². The van der Waals surface area contributed by atoms with Crippen LogP contribution in [-0.2, 0) is 6.42 Å². The van der Waals surface area contributed by atoms with Gasteiger partial charge in [0.05, 0.1) is 6.61 Å². The van der Waals surface area contributed by atoms with Gasteiger partial charge in [-0.15, -0.1) is 0 Å². The normalized spacial score (nSPS) is 17.1. The first-order chi connectivity index (χ1) is 8.33. The van der Waals surface area contributed by atoms with Crippen molar-refractivity contribution >= 4 is 5.69 Å². The average molecular weight is 225 g/mol. The predicted octanol–water partition coefficient (Wildman–Crippen LogP) is 2.99. The minimum absolute atomic E-state index is 0.545. The van der Waals surface area contributed by atoms with Gasteiger partial charge >= 0.3 is 0 Å². The summed E-state index contributed by atoms with van der Waals surface area (Å²) in [6.45, 7) is 0.751. The summed E-state index contributed by atoms with van der Waals surface area (Å²) in [7, 11) is 0. The second-order valence-electron chi connectivity index (χ2n) is 4.48. The molecule has 0 saturated heterocycles. The van der Waals surface area contributed by atoms with Crippen LogP contribution in [-0.4, -0.2) is 6.61 Å². The maximum atomic E-state index is 5.77. The fraction of sp³-hybridized carbons (Fsp3) is 0.200. The van der Waals surface area contributed by atoms with Crippen molar-refractivity contribution in [2.24, 2.45) is 0 Å². The quantitative estimate of drug-likeness (QED) is 0.815. The smallest absolute Gasteiger partial charge is 0.119 e. The molecule has 2 aromatic carbocycles. The number of nitrogen functional groups attached to an aromatic ring is 1. The van der Waals surface area contributed by atoms with Gasteiger partial charge in [-0.1, -0.05) is 24.3 Å². The van der Waals surface area contributed by atoms with Crippen LogP contribution in [0.15, 0.2) is 48.5 Å². The molecule has 0 heterocycles. The number of anilines is 1. The number of hydrogen-bond donors (Lipinski definition) is 1. The summed E-state index contributed by atoms with van der Waals surface area (Å²) >= 11 is 0. The molecule has 3 rings (SSSR count). The minimum Gasteiger partial charge on any atom is -0.493 e. The number of hydrogen-bond acceptors (Lipinski definition) is 2. The molecular formula is C15H15NO. The topological polar surface area (TPSA) is 35.2 Å². The molecule has 86 valence electrons. The van der Waals surface area contributed by atoms with Crippen molar-refractivity contribution in [2.75, 3.05) is 12.3 Å². The molecule has 2 heteroatoms. The highest BCUT2D eigenvalue weighted by Gasteiger charge is 2.25. The molecule has 0 aliphatic heterocycles. The zero-order valence-corrected chi connectivity index (χ0v) is 9.60. The first-order valence-corrected chi connectivity index (χ1v) is 5.89. The van der Waals surface area contributed by atoms with Crippen LogP contribution in [0.5, 0.6) is 5.75 Å². The molecule has 0 aromatic heterocycles.